The van der Waals surface area contributed by atoms with E-state index >= 15 is 0 Å². The molecule has 1 amide bonds. The quantitative estimate of drug-likeness (QED) is 0.492. The molecule has 5 nitrogen and oxygen atoms in total. The fraction of sp³-hybridized carbons (Fsp3) is 0.150. The molecule has 3 aromatic rings. The van der Waals surface area contributed by atoms with Gasteiger partial charge < -0.3 is 5.32 Å². The zero-order valence-electron chi connectivity index (χ0n) is 15.2. The third-order valence-corrected chi connectivity index (χ3v) is 6.99. The van der Waals surface area contributed by atoms with Gasteiger partial charge in [-0.3, -0.25) is 4.79 Å². The van der Waals surface area contributed by atoms with Crippen LogP contribution in [0, 0.1) is 5.82 Å². The lowest BCUT2D eigenvalue weighted by atomic mass is 10.1. The zero-order chi connectivity index (χ0) is 20.9. The summed E-state index contributed by atoms with van der Waals surface area (Å²) < 4.78 is 41.1. The van der Waals surface area contributed by atoms with Crippen molar-refractivity contribution in [2.75, 3.05) is 6.54 Å². The van der Waals surface area contributed by atoms with Crippen LogP contribution in [0.4, 0.5) is 4.39 Å². The van der Waals surface area contributed by atoms with Crippen LogP contribution >= 0.6 is 27.3 Å². The van der Waals surface area contributed by atoms with Gasteiger partial charge in [0, 0.05) is 23.5 Å². The second-order valence-electron chi connectivity index (χ2n) is 6.19. The number of amides is 1. The largest absolute Gasteiger partial charge is 0.352 e. The van der Waals surface area contributed by atoms with Gasteiger partial charge in [0.05, 0.1) is 9.37 Å². The van der Waals surface area contributed by atoms with E-state index in [9.17, 15) is 17.6 Å². The number of hydrogen-bond acceptors (Lipinski definition) is 4. The summed E-state index contributed by atoms with van der Waals surface area (Å²) in [4.78, 5) is 13.3. The average molecular weight is 497 g/mol. The van der Waals surface area contributed by atoms with E-state index in [-0.39, 0.29) is 28.7 Å². The Morgan fingerprint density at radius 1 is 1.10 bits per heavy atom. The average Bonchev–Trinajstić information content (AvgIpc) is 3.23. The Bertz CT molecular complexity index is 1100. The Labute approximate surface area is 181 Å². The molecule has 0 aliphatic heterocycles. The highest BCUT2D eigenvalue weighted by Gasteiger charge is 2.16. The molecule has 0 aliphatic rings. The summed E-state index contributed by atoms with van der Waals surface area (Å²) in [5, 5.41) is 4.63. The summed E-state index contributed by atoms with van der Waals surface area (Å²) in [5.41, 5.74) is 1.12. The molecule has 29 heavy (non-hydrogen) atoms. The van der Waals surface area contributed by atoms with Crippen LogP contribution in [-0.2, 0) is 23.0 Å². The molecule has 0 radical (unpaired) electrons. The summed E-state index contributed by atoms with van der Waals surface area (Å²) in [7, 11) is -3.73. The lowest BCUT2D eigenvalue weighted by molar-refractivity contribution is 0.0954. The van der Waals surface area contributed by atoms with E-state index in [1.54, 1.807) is 18.2 Å². The lowest BCUT2D eigenvalue weighted by Crippen LogP contribution is -2.27. The van der Waals surface area contributed by atoms with Gasteiger partial charge in [0.2, 0.25) is 10.0 Å². The second-order valence-corrected chi connectivity index (χ2v) is 9.84. The first-order valence-electron chi connectivity index (χ1n) is 8.69. The second kappa shape index (κ2) is 9.62. The van der Waals surface area contributed by atoms with E-state index in [0.717, 1.165) is 10.4 Å². The van der Waals surface area contributed by atoms with Crippen molar-refractivity contribution in [2.45, 2.75) is 17.9 Å². The van der Waals surface area contributed by atoms with Crippen LogP contribution in [0.15, 0.2) is 69.3 Å². The molecule has 0 bridgehead atoms. The van der Waals surface area contributed by atoms with Gasteiger partial charge in [-0.25, -0.2) is 17.5 Å². The fourth-order valence-electron chi connectivity index (χ4n) is 2.58. The van der Waals surface area contributed by atoms with E-state index in [1.165, 1.54) is 35.6 Å². The highest BCUT2D eigenvalue weighted by Crippen LogP contribution is 2.17. The predicted molar refractivity (Wildman–Crippen MR) is 115 cm³/mol. The maximum absolute atomic E-state index is 13.3. The normalized spacial score (nSPS) is 11.4. The number of benzene rings is 2. The summed E-state index contributed by atoms with van der Waals surface area (Å²) in [6, 6.07) is 14.3. The van der Waals surface area contributed by atoms with Crippen LogP contribution in [-0.4, -0.2) is 20.9 Å². The smallest absolute Gasteiger partial charge is 0.251 e. The van der Waals surface area contributed by atoms with Crippen molar-refractivity contribution in [1.82, 2.24) is 10.0 Å². The molecule has 0 saturated carbocycles. The Morgan fingerprint density at radius 2 is 1.93 bits per heavy atom. The minimum Gasteiger partial charge on any atom is -0.352 e. The summed E-state index contributed by atoms with van der Waals surface area (Å²) in [6.07, 6.45) is 0.519. The monoisotopic (exact) mass is 496 g/mol. The standard InChI is InChI=1S/C20H18BrFN2O3S2/c21-18-11-14(6-7-19(18)22)8-9-23-20(25)15-3-1-5-17(12-15)29(26,27)24-13-16-4-2-10-28-16/h1-7,10-12,24H,8-9,13H2,(H,23,25). The van der Waals surface area contributed by atoms with E-state index < -0.39 is 10.0 Å². The van der Waals surface area contributed by atoms with Crippen molar-refractivity contribution in [3.8, 4) is 0 Å². The molecule has 1 aromatic heterocycles. The molecule has 3 rings (SSSR count). The van der Waals surface area contributed by atoms with Crippen molar-refractivity contribution < 1.29 is 17.6 Å². The number of thiophene rings is 1. The zero-order valence-corrected chi connectivity index (χ0v) is 18.4. The van der Waals surface area contributed by atoms with Gasteiger partial charge in [0.1, 0.15) is 5.82 Å². The van der Waals surface area contributed by atoms with Gasteiger partial charge in [-0.05, 0) is 69.7 Å². The molecular formula is C20H18BrFN2O3S2. The van der Waals surface area contributed by atoms with Crippen LogP contribution < -0.4 is 10.0 Å². The molecule has 2 N–H and O–H groups in total. The molecule has 2 aromatic carbocycles. The Hall–Kier alpha value is -2.07. The first kappa shape index (κ1) is 21.6. The number of hydrogen-bond donors (Lipinski definition) is 2. The van der Waals surface area contributed by atoms with Crippen LogP contribution in [0.1, 0.15) is 20.8 Å². The molecular weight excluding hydrogens is 479 g/mol. The van der Waals surface area contributed by atoms with Crippen molar-refractivity contribution in [3.63, 3.8) is 0 Å². The molecule has 0 unspecified atom stereocenters. The van der Waals surface area contributed by atoms with Gasteiger partial charge in [-0.15, -0.1) is 11.3 Å². The number of carbonyl (C=O) groups excluding carboxylic acids is 1. The summed E-state index contributed by atoms with van der Waals surface area (Å²) >= 11 is 4.59. The first-order chi connectivity index (χ1) is 13.8. The highest BCUT2D eigenvalue weighted by molar-refractivity contribution is 9.10. The van der Waals surface area contributed by atoms with Gasteiger partial charge in [-0.1, -0.05) is 18.2 Å². The third-order valence-electron chi connectivity index (χ3n) is 4.11. The lowest BCUT2D eigenvalue weighted by Gasteiger charge is -2.09. The minimum atomic E-state index is -3.73. The van der Waals surface area contributed by atoms with Crippen LogP contribution in [0.2, 0.25) is 0 Å². The summed E-state index contributed by atoms with van der Waals surface area (Å²) in [5.74, 6) is -0.718. The van der Waals surface area contributed by atoms with Crippen molar-refractivity contribution in [2.24, 2.45) is 0 Å². The van der Waals surface area contributed by atoms with Gasteiger partial charge in [0.15, 0.2) is 0 Å². The van der Waals surface area contributed by atoms with Gasteiger partial charge in [0.25, 0.3) is 5.91 Å². The number of sulfonamides is 1. The molecule has 0 atom stereocenters. The number of carbonyl (C=O) groups is 1. The van der Waals surface area contributed by atoms with E-state index in [4.69, 9.17) is 0 Å². The molecule has 152 valence electrons. The Kier molecular flexibility index (Phi) is 7.18. The molecule has 0 aliphatic carbocycles. The highest BCUT2D eigenvalue weighted by atomic mass is 79.9. The van der Waals surface area contributed by atoms with Crippen LogP contribution in [0.3, 0.4) is 0 Å². The van der Waals surface area contributed by atoms with E-state index in [1.807, 2.05) is 17.5 Å². The number of nitrogens with one attached hydrogen (secondary N) is 2. The molecule has 1 heterocycles. The Morgan fingerprint density at radius 3 is 2.66 bits per heavy atom. The minimum absolute atomic E-state index is 0.0316. The van der Waals surface area contributed by atoms with Gasteiger partial charge in [-0.2, -0.15) is 0 Å². The SMILES string of the molecule is O=C(NCCc1ccc(F)c(Br)c1)c1cccc(S(=O)(=O)NCc2cccs2)c1. The Balaban J connectivity index is 1.60. The van der Waals surface area contributed by atoms with E-state index in [2.05, 4.69) is 26.0 Å². The van der Waals surface area contributed by atoms with E-state index in [0.29, 0.717) is 17.4 Å². The molecule has 9 heteroatoms. The number of halogens is 2. The molecule has 0 fully saturated rings. The number of rotatable bonds is 8. The van der Waals surface area contributed by atoms with Crippen molar-refractivity contribution >= 4 is 43.2 Å². The third kappa shape index (κ3) is 5.96. The predicted octanol–water partition coefficient (Wildman–Crippen LogP) is 4.10. The topological polar surface area (TPSA) is 75.3 Å². The van der Waals surface area contributed by atoms with Crippen LogP contribution in [0.5, 0.6) is 0 Å². The maximum Gasteiger partial charge on any atom is 0.251 e. The van der Waals surface area contributed by atoms with Crippen molar-refractivity contribution in [3.05, 3.63) is 86.3 Å². The first-order valence-corrected chi connectivity index (χ1v) is 11.8. The summed E-state index contributed by atoms with van der Waals surface area (Å²) in [6.45, 7) is 0.536. The van der Waals surface area contributed by atoms with Crippen LogP contribution in [0.25, 0.3) is 0 Å². The van der Waals surface area contributed by atoms with Gasteiger partial charge >= 0.3 is 0 Å². The molecule has 0 spiro atoms. The molecule has 0 saturated heterocycles. The van der Waals surface area contributed by atoms with Crippen molar-refractivity contribution in [1.29, 1.82) is 0 Å². The maximum atomic E-state index is 13.3. The fourth-order valence-corrected chi connectivity index (χ4v) is 4.80.